The molecule has 0 aliphatic heterocycles. The van der Waals surface area contributed by atoms with E-state index in [4.69, 9.17) is 4.74 Å². The van der Waals surface area contributed by atoms with Crippen molar-refractivity contribution in [2.45, 2.75) is 6.54 Å². The van der Waals surface area contributed by atoms with Crippen molar-refractivity contribution >= 4 is 5.69 Å². The summed E-state index contributed by atoms with van der Waals surface area (Å²) in [6, 6.07) is 16.2. The number of nitrogens with one attached hydrogen (secondary N) is 1. The Kier molecular flexibility index (Phi) is 4.42. The van der Waals surface area contributed by atoms with E-state index in [-0.39, 0.29) is 0 Å². The summed E-state index contributed by atoms with van der Waals surface area (Å²) in [7, 11) is 5.98. The molecule has 0 aliphatic rings. The number of benzene rings is 2. The van der Waals surface area contributed by atoms with Gasteiger partial charge in [0.1, 0.15) is 11.5 Å². The summed E-state index contributed by atoms with van der Waals surface area (Å²) >= 11 is 0. The first-order valence-corrected chi connectivity index (χ1v) is 6.38. The number of anilines is 1. The van der Waals surface area contributed by atoms with Gasteiger partial charge in [0.2, 0.25) is 0 Å². The minimum Gasteiger partial charge on any atom is -0.457 e. The first-order valence-electron chi connectivity index (χ1n) is 6.38. The van der Waals surface area contributed by atoms with Crippen molar-refractivity contribution in [1.29, 1.82) is 0 Å². The van der Waals surface area contributed by atoms with Crippen LogP contribution in [0.2, 0.25) is 0 Å². The molecule has 19 heavy (non-hydrogen) atoms. The number of nitrogens with zero attached hydrogens (tertiary/aromatic N) is 1. The number of hydrogen-bond donors (Lipinski definition) is 1. The summed E-state index contributed by atoms with van der Waals surface area (Å²) in [5.41, 5.74) is 2.38. The third kappa shape index (κ3) is 3.73. The summed E-state index contributed by atoms with van der Waals surface area (Å²) in [4.78, 5) is 2.06. The molecule has 2 aromatic rings. The van der Waals surface area contributed by atoms with Gasteiger partial charge >= 0.3 is 0 Å². The van der Waals surface area contributed by atoms with E-state index >= 15 is 0 Å². The molecule has 0 atom stereocenters. The second-order valence-corrected chi connectivity index (χ2v) is 4.67. The highest BCUT2D eigenvalue weighted by molar-refractivity contribution is 5.50. The molecule has 0 spiro atoms. The van der Waals surface area contributed by atoms with E-state index in [1.54, 1.807) is 0 Å². The van der Waals surface area contributed by atoms with Crippen molar-refractivity contribution in [1.82, 2.24) is 5.32 Å². The van der Waals surface area contributed by atoms with Crippen LogP contribution in [0.4, 0.5) is 5.69 Å². The van der Waals surface area contributed by atoms with Gasteiger partial charge in [-0.2, -0.15) is 0 Å². The Hall–Kier alpha value is -2.00. The zero-order chi connectivity index (χ0) is 13.7. The minimum absolute atomic E-state index is 0.854. The lowest BCUT2D eigenvalue weighted by Gasteiger charge is -2.14. The third-order valence-corrected chi connectivity index (χ3v) is 2.87. The van der Waals surface area contributed by atoms with E-state index in [1.165, 1.54) is 5.56 Å². The molecule has 2 aromatic carbocycles. The largest absolute Gasteiger partial charge is 0.457 e. The molecule has 0 bridgehead atoms. The first kappa shape index (κ1) is 13.4. The zero-order valence-electron chi connectivity index (χ0n) is 11.7. The highest BCUT2D eigenvalue weighted by atomic mass is 16.5. The van der Waals surface area contributed by atoms with Crippen LogP contribution in [0.15, 0.2) is 48.5 Å². The van der Waals surface area contributed by atoms with Crippen LogP contribution in [0.25, 0.3) is 0 Å². The maximum absolute atomic E-state index is 5.86. The van der Waals surface area contributed by atoms with Gasteiger partial charge in [-0.05, 0) is 36.9 Å². The minimum atomic E-state index is 0.854. The Morgan fingerprint density at radius 2 is 1.74 bits per heavy atom. The molecule has 0 heterocycles. The van der Waals surface area contributed by atoms with Gasteiger partial charge in [0, 0.05) is 32.4 Å². The van der Waals surface area contributed by atoms with Crippen LogP contribution in [-0.4, -0.2) is 21.1 Å². The van der Waals surface area contributed by atoms with Crippen molar-refractivity contribution in [2.24, 2.45) is 0 Å². The van der Waals surface area contributed by atoms with Crippen LogP contribution in [0, 0.1) is 0 Å². The van der Waals surface area contributed by atoms with E-state index < -0.39 is 0 Å². The van der Waals surface area contributed by atoms with E-state index in [0.717, 1.165) is 23.7 Å². The summed E-state index contributed by atoms with van der Waals surface area (Å²) in [6.45, 7) is 0.871. The Labute approximate surface area is 114 Å². The Morgan fingerprint density at radius 1 is 1.00 bits per heavy atom. The average molecular weight is 256 g/mol. The fourth-order valence-corrected chi connectivity index (χ4v) is 1.84. The second-order valence-electron chi connectivity index (χ2n) is 4.67. The van der Waals surface area contributed by atoms with Gasteiger partial charge in [-0.15, -0.1) is 0 Å². The molecule has 0 aliphatic carbocycles. The quantitative estimate of drug-likeness (QED) is 0.888. The molecule has 2 rings (SSSR count). The molecule has 0 saturated heterocycles. The van der Waals surface area contributed by atoms with Crippen molar-refractivity contribution in [3.8, 4) is 11.5 Å². The Bertz CT molecular complexity index is 521. The highest BCUT2D eigenvalue weighted by Gasteiger charge is 2.00. The van der Waals surface area contributed by atoms with Gasteiger partial charge in [0.15, 0.2) is 0 Å². The normalized spacial score (nSPS) is 10.3. The molecule has 0 saturated carbocycles. The molecule has 0 unspecified atom stereocenters. The van der Waals surface area contributed by atoms with E-state index in [2.05, 4.69) is 28.4 Å². The Balaban J connectivity index is 2.10. The van der Waals surface area contributed by atoms with Gasteiger partial charge < -0.3 is 15.0 Å². The zero-order valence-corrected chi connectivity index (χ0v) is 11.7. The van der Waals surface area contributed by atoms with Crippen LogP contribution >= 0.6 is 0 Å². The van der Waals surface area contributed by atoms with Gasteiger partial charge in [0.05, 0.1) is 0 Å². The molecule has 0 amide bonds. The molecule has 3 heteroatoms. The standard InChI is InChI=1S/C16H20N2O/c1-17-12-13-7-9-15(10-8-13)19-16-6-4-5-14(11-16)18(2)3/h4-11,17H,12H2,1-3H3. The summed E-state index contributed by atoms with van der Waals surface area (Å²) in [6.07, 6.45) is 0. The average Bonchev–Trinajstić information content (AvgIpc) is 2.42. The highest BCUT2D eigenvalue weighted by Crippen LogP contribution is 2.25. The fraction of sp³-hybridized carbons (Fsp3) is 0.250. The molecular weight excluding hydrogens is 236 g/mol. The van der Waals surface area contributed by atoms with Crippen molar-refractivity contribution in [3.05, 3.63) is 54.1 Å². The molecule has 3 nitrogen and oxygen atoms in total. The topological polar surface area (TPSA) is 24.5 Å². The van der Waals surface area contributed by atoms with Crippen LogP contribution in [0.5, 0.6) is 11.5 Å². The molecule has 0 fully saturated rings. The third-order valence-electron chi connectivity index (χ3n) is 2.87. The predicted octanol–water partition coefficient (Wildman–Crippen LogP) is 3.26. The monoisotopic (exact) mass is 256 g/mol. The molecule has 0 radical (unpaired) electrons. The van der Waals surface area contributed by atoms with E-state index in [0.29, 0.717) is 0 Å². The van der Waals surface area contributed by atoms with E-state index in [9.17, 15) is 0 Å². The number of hydrogen-bond acceptors (Lipinski definition) is 3. The van der Waals surface area contributed by atoms with Crippen molar-refractivity contribution in [3.63, 3.8) is 0 Å². The molecular formula is C16H20N2O. The number of rotatable bonds is 5. The van der Waals surface area contributed by atoms with Crippen LogP contribution in [0.3, 0.4) is 0 Å². The maximum atomic E-state index is 5.86. The lowest BCUT2D eigenvalue weighted by molar-refractivity contribution is 0.482. The van der Waals surface area contributed by atoms with Gasteiger partial charge in [-0.3, -0.25) is 0 Å². The van der Waals surface area contributed by atoms with Crippen LogP contribution < -0.4 is 15.0 Å². The van der Waals surface area contributed by atoms with Gasteiger partial charge in [-0.25, -0.2) is 0 Å². The van der Waals surface area contributed by atoms with Crippen LogP contribution in [-0.2, 0) is 6.54 Å². The smallest absolute Gasteiger partial charge is 0.129 e. The lowest BCUT2D eigenvalue weighted by atomic mass is 10.2. The van der Waals surface area contributed by atoms with Gasteiger partial charge in [0.25, 0.3) is 0 Å². The Morgan fingerprint density at radius 3 is 2.37 bits per heavy atom. The number of ether oxygens (including phenoxy) is 1. The molecule has 0 aromatic heterocycles. The fourth-order valence-electron chi connectivity index (χ4n) is 1.84. The van der Waals surface area contributed by atoms with Crippen molar-refractivity contribution < 1.29 is 4.74 Å². The van der Waals surface area contributed by atoms with Gasteiger partial charge in [-0.1, -0.05) is 18.2 Å². The summed E-state index contributed by atoms with van der Waals surface area (Å²) in [5.74, 6) is 1.71. The molecule has 1 N–H and O–H groups in total. The summed E-state index contributed by atoms with van der Waals surface area (Å²) in [5, 5.41) is 3.13. The summed E-state index contributed by atoms with van der Waals surface area (Å²) < 4.78 is 5.86. The maximum Gasteiger partial charge on any atom is 0.129 e. The second kappa shape index (κ2) is 6.25. The SMILES string of the molecule is CNCc1ccc(Oc2cccc(N(C)C)c2)cc1. The van der Waals surface area contributed by atoms with Crippen molar-refractivity contribution in [2.75, 3.05) is 26.0 Å². The predicted molar refractivity (Wildman–Crippen MR) is 80.0 cm³/mol. The first-order chi connectivity index (χ1) is 9.19. The lowest BCUT2D eigenvalue weighted by Crippen LogP contribution is -2.08. The molecule has 100 valence electrons. The van der Waals surface area contributed by atoms with E-state index in [1.807, 2.05) is 51.5 Å². The van der Waals surface area contributed by atoms with Crippen LogP contribution in [0.1, 0.15) is 5.56 Å².